The summed E-state index contributed by atoms with van der Waals surface area (Å²) in [7, 11) is 1.87. The molecule has 1 N–H and O–H groups in total. The van der Waals surface area contributed by atoms with Gasteiger partial charge in [0.05, 0.1) is 5.75 Å². The van der Waals surface area contributed by atoms with Gasteiger partial charge in [-0.15, -0.1) is 10.2 Å². The standard InChI is InChI=1S/C19H18Br2N4O2S/c1-12(27-16-9-5-14(21)6-10-16)18-23-24-19(25(18)2)28-11-17(26)22-15-7-3-13(20)4-8-15/h3-10,12H,11H2,1-2H3,(H,22,26). The Morgan fingerprint density at radius 2 is 1.71 bits per heavy atom. The minimum absolute atomic E-state index is 0.101. The Morgan fingerprint density at radius 3 is 2.36 bits per heavy atom. The van der Waals surface area contributed by atoms with Crippen LogP contribution in [-0.4, -0.2) is 26.4 Å². The molecule has 9 heteroatoms. The van der Waals surface area contributed by atoms with E-state index in [0.717, 1.165) is 20.4 Å². The molecule has 0 radical (unpaired) electrons. The Morgan fingerprint density at radius 1 is 1.11 bits per heavy atom. The number of carbonyl (C=O) groups is 1. The molecule has 0 fully saturated rings. The third kappa shape index (κ3) is 5.59. The van der Waals surface area contributed by atoms with Crippen molar-refractivity contribution in [1.82, 2.24) is 14.8 Å². The number of amides is 1. The summed E-state index contributed by atoms with van der Waals surface area (Å²) in [5.41, 5.74) is 0.754. The van der Waals surface area contributed by atoms with Gasteiger partial charge in [-0.1, -0.05) is 43.6 Å². The number of carbonyl (C=O) groups excluding carboxylic acids is 1. The number of halogens is 2. The van der Waals surface area contributed by atoms with Crippen molar-refractivity contribution in [3.05, 3.63) is 63.3 Å². The summed E-state index contributed by atoms with van der Waals surface area (Å²) < 4.78 is 9.73. The van der Waals surface area contributed by atoms with Crippen LogP contribution in [-0.2, 0) is 11.8 Å². The number of nitrogens with one attached hydrogen (secondary N) is 1. The first-order valence-electron chi connectivity index (χ1n) is 8.42. The van der Waals surface area contributed by atoms with Crippen LogP contribution >= 0.6 is 43.6 Å². The van der Waals surface area contributed by atoms with Crippen LogP contribution in [0.3, 0.4) is 0 Å². The average Bonchev–Trinajstić information content (AvgIpc) is 3.04. The molecule has 0 aliphatic rings. The van der Waals surface area contributed by atoms with Crippen LogP contribution < -0.4 is 10.1 Å². The van der Waals surface area contributed by atoms with Gasteiger partial charge in [0.15, 0.2) is 17.1 Å². The van der Waals surface area contributed by atoms with Crippen LogP contribution in [0.1, 0.15) is 18.9 Å². The van der Waals surface area contributed by atoms with Crippen LogP contribution in [0.25, 0.3) is 0 Å². The molecule has 0 bridgehead atoms. The van der Waals surface area contributed by atoms with E-state index in [0.29, 0.717) is 11.0 Å². The molecule has 146 valence electrons. The maximum atomic E-state index is 12.2. The summed E-state index contributed by atoms with van der Waals surface area (Å²) >= 11 is 8.11. The SMILES string of the molecule is CC(Oc1ccc(Br)cc1)c1nnc(SCC(=O)Nc2ccc(Br)cc2)n1C. The summed E-state index contributed by atoms with van der Waals surface area (Å²) in [6.45, 7) is 1.92. The number of hydrogen-bond donors (Lipinski definition) is 1. The highest BCUT2D eigenvalue weighted by Crippen LogP contribution is 2.25. The highest BCUT2D eigenvalue weighted by atomic mass is 79.9. The molecule has 1 heterocycles. The molecule has 3 aromatic rings. The Hall–Kier alpha value is -1.84. The number of nitrogens with zero attached hydrogens (tertiary/aromatic N) is 3. The second kappa shape index (κ2) is 9.58. The third-order valence-corrected chi connectivity index (χ3v) is 5.90. The van der Waals surface area contributed by atoms with Crippen molar-refractivity contribution < 1.29 is 9.53 Å². The minimum atomic E-state index is -0.274. The van der Waals surface area contributed by atoms with E-state index in [1.165, 1.54) is 11.8 Å². The fourth-order valence-corrected chi connectivity index (χ4v) is 3.68. The van der Waals surface area contributed by atoms with Crippen LogP contribution in [0, 0.1) is 0 Å². The molecule has 0 aliphatic carbocycles. The summed E-state index contributed by atoms with van der Waals surface area (Å²) in [5.74, 6) is 1.58. The Bertz CT molecular complexity index is 946. The lowest BCUT2D eigenvalue weighted by Gasteiger charge is -2.14. The van der Waals surface area contributed by atoms with E-state index >= 15 is 0 Å². The number of thioether (sulfide) groups is 1. The van der Waals surface area contributed by atoms with Crippen LogP contribution in [0.2, 0.25) is 0 Å². The van der Waals surface area contributed by atoms with E-state index in [-0.39, 0.29) is 17.8 Å². The van der Waals surface area contributed by atoms with Gasteiger partial charge in [0, 0.05) is 21.7 Å². The number of benzene rings is 2. The van der Waals surface area contributed by atoms with Crippen molar-refractivity contribution in [3.8, 4) is 5.75 Å². The van der Waals surface area contributed by atoms with Crippen molar-refractivity contribution >= 4 is 55.2 Å². The maximum Gasteiger partial charge on any atom is 0.234 e. The molecule has 0 saturated heterocycles. The normalized spacial score (nSPS) is 11.9. The average molecular weight is 526 g/mol. The van der Waals surface area contributed by atoms with Gasteiger partial charge >= 0.3 is 0 Å². The summed E-state index contributed by atoms with van der Waals surface area (Å²) in [4.78, 5) is 12.2. The summed E-state index contributed by atoms with van der Waals surface area (Å²) in [6.07, 6.45) is -0.274. The molecule has 1 amide bonds. The number of aromatic nitrogens is 3. The van der Waals surface area contributed by atoms with Gasteiger partial charge in [-0.25, -0.2) is 0 Å². The van der Waals surface area contributed by atoms with Crippen LogP contribution in [0.15, 0.2) is 62.6 Å². The van der Waals surface area contributed by atoms with E-state index in [2.05, 4.69) is 47.4 Å². The lowest BCUT2D eigenvalue weighted by molar-refractivity contribution is -0.113. The van der Waals surface area contributed by atoms with Gasteiger partial charge in [0.2, 0.25) is 5.91 Å². The fourth-order valence-electron chi connectivity index (χ4n) is 2.44. The molecule has 2 aromatic carbocycles. The predicted molar refractivity (Wildman–Crippen MR) is 118 cm³/mol. The molecule has 0 aliphatic heterocycles. The number of anilines is 1. The molecule has 0 spiro atoms. The monoisotopic (exact) mass is 524 g/mol. The Balaban J connectivity index is 1.57. The molecule has 3 rings (SSSR count). The van der Waals surface area contributed by atoms with Crippen molar-refractivity contribution in [2.45, 2.75) is 18.2 Å². The van der Waals surface area contributed by atoms with Crippen molar-refractivity contribution in [2.24, 2.45) is 7.05 Å². The van der Waals surface area contributed by atoms with Crippen molar-refractivity contribution in [3.63, 3.8) is 0 Å². The fraction of sp³-hybridized carbons (Fsp3) is 0.211. The lowest BCUT2D eigenvalue weighted by atomic mass is 10.3. The zero-order valence-electron chi connectivity index (χ0n) is 15.2. The van der Waals surface area contributed by atoms with E-state index in [1.807, 2.05) is 67.1 Å². The van der Waals surface area contributed by atoms with Gasteiger partial charge in [-0.05, 0) is 55.5 Å². The van der Waals surface area contributed by atoms with Gasteiger partial charge in [0.1, 0.15) is 5.75 Å². The van der Waals surface area contributed by atoms with Crippen molar-refractivity contribution in [2.75, 3.05) is 11.1 Å². The van der Waals surface area contributed by atoms with Gasteiger partial charge < -0.3 is 14.6 Å². The Kier molecular flexibility index (Phi) is 7.14. The highest BCUT2D eigenvalue weighted by Gasteiger charge is 2.18. The topological polar surface area (TPSA) is 69.0 Å². The molecular weight excluding hydrogens is 508 g/mol. The number of hydrogen-bond acceptors (Lipinski definition) is 5. The van der Waals surface area contributed by atoms with Gasteiger partial charge in [-0.3, -0.25) is 4.79 Å². The van der Waals surface area contributed by atoms with E-state index in [1.54, 1.807) is 0 Å². The van der Waals surface area contributed by atoms with Gasteiger partial charge in [0.25, 0.3) is 0 Å². The smallest absolute Gasteiger partial charge is 0.234 e. The minimum Gasteiger partial charge on any atom is -0.483 e. The molecule has 1 atom stereocenters. The van der Waals surface area contributed by atoms with E-state index in [9.17, 15) is 4.79 Å². The van der Waals surface area contributed by atoms with E-state index in [4.69, 9.17) is 4.74 Å². The third-order valence-electron chi connectivity index (χ3n) is 3.82. The van der Waals surface area contributed by atoms with Crippen LogP contribution in [0.5, 0.6) is 5.75 Å². The van der Waals surface area contributed by atoms with Crippen molar-refractivity contribution in [1.29, 1.82) is 0 Å². The quantitative estimate of drug-likeness (QED) is 0.429. The van der Waals surface area contributed by atoms with Gasteiger partial charge in [-0.2, -0.15) is 0 Å². The zero-order valence-corrected chi connectivity index (χ0v) is 19.2. The summed E-state index contributed by atoms with van der Waals surface area (Å²) in [6, 6.07) is 15.1. The molecule has 0 saturated carbocycles. The first-order chi connectivity index (χ1) is 13.4. The largest absolute Gasteiger partial charge is 0.483 e. The number of ether oxygens (including phenoxy) is 1. The number of rotatable bonds is 7. The van der Waals surface area contributed by atoms with Crippen LogP contribution in [0.4, 0.5) is 5.69 Å². The second-order valence-electron chi connectivity index (χ2n) is 5.96. The first-order valence-corrected chi connectivity index (χ1v) is 11.0. The zero-order chi connectivity index (χ0) is 20.1. The Labute approximate surface area is 184 Å². The molecular formula is C19H18Br2N4O2S. The highest BCUT2D eigenvalue weighted by molar-refractivity contribution is 9.10. The maximum absolute atomic E-state index is 12.2. The first kappa shape index (κ1) is 20.9. The molecule has 28 heavy (non-hydrogen) atoms. The summed E-state index contributed by atoms with van der Waals surface area (Å²) in [5, 5.41) is 11.9. The lowest BCUT2D eigenvalue weighted by Crippen LogP contribution is -2.14. The molecule has 1 aromatic heterocycles. The molecule has 6 nitrogen and oxygen atoms in total. The van der Waals surface area contributed by atoms with E-state index < -0.39 is 0 Å². The second-order valence-corrected chi connectivity index (χ2v) is 8.73. The predicted octanol–water partition coefficient (Wildman–Crippen LogP) is 5.21. The molecule has 1 unspecified atom stereocenters.